The zero-order valence-electron chi connectivity index (χ0n) is 12.9. The molecule has 0 aromatic carbocycles. The Morgan fingerprint density at radius 1 is 1.23 bits per heavy atom. The van der Waals surface area contributed by atoms with Gasteiger partial charge >= 0.3 is 0 Å². The summed E-state index contributed by atoms with van der Waals surface area (Å²) in [5.74, 6) is 0. The minimum absolute atomic E-state index is 0.208. The number of likely N-dealkylation sites (tertiary alicyclic amines) is 1. The first-order valence-corrected chi connectivity index (χ1v) is 10.3. The van der Waals surface area contributed by atoms with Crippen molar-refractivity contribution in [3.05, 3.63) is 17.0 Å². The molecule has 1 unspecified atom stereocenters. The lowest BCUT2D eigenvalue weighted by atomic mass is 10.1. The number of nitrogens with zero attached hydrogens (tertiary/aromatic N) is 2. The second kappa shape index (κ2) is 6.57. The summed E-state index contributed by atoms with van der Waals surface area (Å²) in [5, 5.41) is 9.64. The highest BCUT2D eigenvalue weighted by Crippen LogP contribution is 2.29. The third-order valence-electron chi connectivity index (χ3n) is 4.71. The van der Waals surface area contributed by atoms with Crippen molar-refractivity contribution in [3.8, 4) is 0 Å². The number of aliphatic hydroxyl groups excluding tert-OH is 1. The summed E-state index contributed by atoms with van der Waals surface area (Å²) in [6.45, 7) is 4.88. The first-order valence-electron chi connectivity index (χ1n) is 8.01. The van der Waals surface area contributed by atoms with E-state index in [9.17, 15) is 13.5 Å². The number of sulfonamides is 1. The van der Waals surface area contributed by atoms with Gasteiger partial charge in [0, 0.05) is 37.1 Å². The number of hydrogen-bond donors (Lipinski definition) is 1. The maximum absolute atomic E-state index is 12.7. The van der Waals surface area contributed by atoms with Crippen LogP contribution in [0.4, 0.5) is 0 Å². The van der Waals surface area contributed by atoms with E-state index in [-0.39, 0.29) is 6.10 Å². The summed E-state index contributed by atoms with van der Waals surface area (Å²) in [6, 6.07) is 4.07. The Hall–Kier alpha value is -0.470. The van der Waals surface area contributed by atoms with Gasteiger partial charge in [0.05, 0.1) is 6.10 Å². The van der Waals surface area contributed by atoms with Gasteiger partial charge in [-0.15, -0.1) is 11.3 Å². The Bertz CT molecular complexity index is 606. The number of thiophene rings is 1. The largest absolute Gasteiger partial charge is 0.392 e. The van der Waals surface area contributed by atoms with Crippen LogP contribution in [-0.4, -0.2) is 61.1 Å². The lowest BCUT2D eigenvalue weighted by molar-refractivity contribution is 0.132. The first kappa shape index (κ1) is 16.4. The van der Waals surface area contributed by atoms with Crippen molar-refractivity contribution in [2.45, 2.75) is 49.0 Å². The highest BCUT2D eigenvalue weighted by molar-refractivity contribution is 7.91. The van der Waals surface area contributed by atoms with Crippen molar-refractivity contribution >= 4 is 21.4 Å². The van der Waals surface area contributed by atoms with Crippen LogP contribution in [0.1, 0.15) is 31.1 Å². The molecule has 3 rings (SSSR count). The number of piperidine rings is 1. The summed E-state index contributed by atoms with van der Waals surface area (Å²) >= 11 is 1.39. The van der Waals surface area contributed by atoms with Crippen LogP contribution in [0.25, 0.3) is 0 Å². The average Bonchev–Trinajstić information content (AvgIpc) is 3.16. The smallest absolute Gasteiger partial charge is 0.252 e. The summed E-state index contributed by atoms with van der Waals surface area (Å²) in [4.78, 5) is 3.43. The molecular weight excluding hydrogens is 320 g/mol. The van der Waals surface area contributed by atoms with Gasteiger partial charge in [0.25, 0.3) is 10.0 Å². The quantitative estimate of drug-likeness (QED) is 0.900. The minimum atomic E-state index is -3.33. The molecule has 0 radical (unpaired) electrons. The highest BCUT2D eigenvalue weighted by Gasteiger charge is 2.34. The molecule has 1 N–H and O–H groups in total. The fourth-order valence-electron chi connectivity index (χ4n) is 3.36. The van der Waals surface area contributed by atoms with Gasteiger partial charge in [-0.3, -0.25) is 4.90 Å². The molecule has 22 heavy (non-hydrogen) atoms. The van der Waals surface area contributed by atoms with Crippen LogP contribution in [0, 0.1) is 0 Å². The maximum atomic E-state index is 12.7. The van der Waals surface area contributed by atoms with Crippen molar-refractivity contribution in [3.63, 3.8) is 0 Å². The van der Waals surface area contributed by atoms with Gasteiger partial charge in [0.2, 0.25) is 0 Å². The van der Waals surface area contributed by atoms with E-state index < -0.39 is 10.0 Å². The average molecular weight is 345 g/mol. The predicted molar refractivity (Wildman–Crippen MR) is 87.7 cm³/mol. The third kappa shape index (κ3) is 3.23. The van der Waals surface area contributed by atoms with Gasteiger partial charge in [-0.25, -0.2) is 8.42 Å². The summed E-state index contributed by atoms with van der Waals surface area (Å²) in [6.07, 6.45) is 3.23. The zero-order chi connectivity index (χ0) is 15.7. The van der Waals surface area contributed by atoms with E-state index >= 15 is 0 Å². The Morgan fingerprint density at radius 3 is 2.50 bits per heavy atom. The van der Waals surface area contributed by atoms with Crippen molar-refractivity contribution in [2.75, 3.05) is 26.2 Å². The molecule has 2 saturated heterocycles. The number of hydrogen-bond acceptors (Lipinski definition) is 5. The van der Waals surface area contributed by atoms with Crippen LogP contribution in [0.15, 0.2) is 16.3 Å². The Morgan fingerprint density at radius 2 is 1.95 bits per heavy atom. The Balaban J connectivity index is 1.63. The van der Waals surface area contributed by atoms with Gasteiger partial charge in [-0.1, -0.05) is 6.92 Å². The molecular formula is C15H24N2O3S2. The van der Waals surface area contributed by atoms with E-state index in [2.05, 4.69) is 4.90 Å². The van der Waals surface area contributed by atoms with E-state index in [1.165, 1.54) is 11.3 Å². The molecule has 124 valence electrons. The zero-order valence-corrected chi connectivity index (χ0v) is 14.6. The summed E-state index contributed by atoms with van der Waals surface area (Å²) < 4.78 is 27.5. The fraction of sp³-hybridized carbons (Fsp3) is 0.733. The number of aliphatic hydroxyl groups is 1. The van der Waals surface area contributed by atoms with Gasteiger partial charge in [-0.05, 0) is 37.8 Å². The predicted octanol–water partition coefficient (Wildman–Crippen LogP) is 1.53. The van der Waals surface area contributed by atoms with Crippen LogP contribution in [0.3, 0.4) is 0 Å². The number of rotatable bonds is 4. The van der Waals surface area contributed by atoms with Gasteiger partial charge in [-0.2, -0.15) is 4.31 Å². The van der Waals surface area contributed by atoms with Crippen LogP contribution >= 0.6 is 11.3 Å². The molecule has 0 saturated carbocycles. The molecule has 5 nitrogen and oxygen atoms in total. The Labute approximate surface area is 136 Å². The third-order valence-corrected chi connectivity index (χ3v) is 8.31. The molecule has 2 fully saturated rings. The second-order valence-corrected chi connectivity index (χ2v) is 9.48. The first-order chi connectivity index (χ1) is 10.5. The molecule has 3 heterocycles. The molecule has 1 aromatic heterocycles. The topological polar surface area (TPSA) is 60.9 Å². The van der Waals surface area contributed by atoms with Crippen LogP contribution in [0.5, 0.6) is 0 Å². The van der Waals surface area contributed by atoms with Crippen LogP contribution in [-0.2, 0) is 16.4 Å². The van der Waals surface area contributed by atoms with Crippen LogP contribution < -0.4 is 0 Å². The molecule has 0 amide bonds. The molecule has 2 aliphatic rings. The molecule has 1 atom stereocenters. The van der Waals surface area contributed by atoms with E-state index in [4.69, 9.17) is 0 Å². The molecule has 0 bridgehead atoms. The minimum Gasteiger partial charge on any atom is -0.392 e. The summed E-state index contributed by atoms with van der Waals surface area (Å²) in [5.41, 5.74) is 0. The lowest BCUT2D eigenvalue weighted by Crippen LogP contribution is -2.46. The number of β-amino-alcohol motifs (C(OH)–C–C–N with tert-alkyl or cyclic N) is 1. The number of aryl methyl sites for hydroxylation is 1. The highest BCUT2D eigenvalue weighted by atomic mass is 32.2. The van der Waals surface area contributed by atoms with Gasteiger partial charge in [0.1, 0.15) is 4.21 Å². The fourth-order valence-corrected chi connectivity index (χ4v) is 6.28. The van der Waals surface area contributed by atoms with Crippen molar-refractivity contribution in [1.82, 2.24) is 9.21 Å². The van der Waals surface area contributed by atoms with E-state index in [1.54, 1.807) is 10.4 Å². The Kier molecular flexibility index (Phi) is 4.89. The molecule has 1 aromatic rings. The van der Waals surface area contributed by atoms with E-state index in [1.807, 2.05) is 13.0 Å². The molecule has 7 heteroatoms. The van der Waals surface area contributed by atoms with E-state index in [0.717, 1.165) is 43.6 Å². The van der Waals surface area contributed by atoms with Gasteiger partial charge < -0.3 is 5.11 Å². The molecule has 0 spiro atoms. The van der Waals surface area contributed by atoms with Crippen molar-refractivity contribution in [1.29, 1.82) is 0 Å². The molecule has 0 aliphatic carbocycles. The second-order valence-electron chi connectivity index (χ2n) is 6.15. The van der Waals surface area contributed by atoms with E-state index in [0.29, 0.717) is 23.3 Å². The van der Waals surface area contributed by atoms with Crippen molar-refractivity contribution in [2.24, 2.45) is 0 Å². The SMILES string of the molecule is CCc1ccc(S(=O)(=O)N2CCC(N3CCC(O)C3)CC2)s1. The lowest BCUT2D eigenvalue weighted by Gasteiger charge is -2.35. The normalized spacial score (nSPS) is 25.8. The van der Waals surface area contributed by atoms with Gasteiger partial charge in [0.15, 0.2) is 0 Å². The molecule has 2 aliphatic heterocycles. The summed E-state index contributed by atoms with van der Waals surface area (Å²) in [7, 11) is -3.33. The maximum Gasteiger partial charge on any atom is 0.252 e. The van der Waals surface area contributed by atoms with Crippen LogP contribution in [0.2, 0.25) is 0 Å². The monoisotopic (exact) mass is 344 g/mol. The van der Waals surface area contributed by atoms with Crippen molar-refractivity contribution < 1.29 is 13.5 Å². The standard InChI is InChI=1S/C15H24N2O3S2/c1-2-14-3-4-15(21-14)22(19,20)17-9-5-12(6-10-17)16-8-7-13(18)11-16/h3-4,12-13,18H,2,5-11H2,1H3.